The molecule has 3 nitrogen and oxygen atoms in total. The minimum absolute atomic E-state index is 0.268. The molecule has 1 heterocycles. The smallest absolute Gasteiger partial charge is 0.119 e. The molecule has 0 radical (unpaired) electrons. The number of nitrogens with one attached hydrogen (secondary N) is 1. The van der Waals surface area contributed by atoms with Crippen LogP contribution in [0.5, 0.6) is 5.75 Å². The van der Waals surface area contributed by atoms with Gasteiger partial charge in [0.2, 0.25) is 0 Å². The normalized spacial score (nSPS) is 28.7. The quantitative estimate of drug-likeness (QED) is 0.777. The predicted molar refractivity (Wildman–Crippen MR) is 66.4 cm³/mol. The van der Waals surface area contributed by atoms with Gasteiger partial charge in [-0.1, -0.05) is 12.1 Å². The Hall–Kier alpha value is -1.06. The van der Waals surface area contributed by atoms with Gasteiger partial charge < -0.3 is 15.2 Å². The second-order valence-corrected chi connectivity index (χ2v) is 4.96. The first-order valence-electron chi connectivity index (χ1n) is 6.49. The highest BCUT2D eigenvalue weighted by atomic mass is 16.5. The van der Waals surface area contributed by atoms with Crippen LogP contribution in [0.2, 0.25) is 0 Å². The van der Waals surface area contributed by atoms with Crippen LogP contribution in [0.1, 0.15) is 29.9 Å². The Kier molecular flexibility index (Phi) is 3.04. The second kappa shape index (κ2) is 4.67. The topological polar surface area (TPSA) is 41.5 Å². The van der Waals surface area contributed by atoms with Gasteiger partial charge in [-0.3, -0.25) is 0 Å². The lowest BCUT2D eigenvalue weighted by molar-refractivity contribution is 0.00753. The van der Waals surface area contributed by atoms with Crippen LogP contribution in [0.25, 0.3) is 0 Å². The summed E-state index contributed by atoms with van der Waals surface area (Å²) in [6, 6.07) is 5.89. The molecule has 1 saturated heterocycles. The zero-order valence-electron chi connectivity index (χ0n) is 9.98. The van der Waals surface area contributed by atoms with E-state index in [1.807, 2.05) is 6.07 Å². The first kappa shape index (κ1) is 11.1. The van der Waals surface area contributed by atoms with E-state index < -0.39 is 0 Å². The van der Waals surface area contributed by atoms with Gasteiger partial charge in [-0.15, -0.1) is 0 Å². The Morgan fingerprint density at radius 2 is 2.29 bits per heavy atom. The fourth-order valence-electron chi connectivity index (χ4n) is 3.10. The average Bonchev–Trinajstić information content (AvgIpc) is 2.40. The number of hydrogen-bond acceptors (Lipinski definition) is 3. The van der Waals surface area contributed by atoms with Crippen LogP contribution in [0, 0.1) is 0 Å². The summed E-state index contributed by atoms with van der Waals surface area (Å²) in [5.41, 5.74) is 2.43. The highest BCUT2D eigenvalue weighted by molar-refractivity contribution is 5.43. The monoisotopic (exact) mass is 233 g/mol. The van der Waals surface area contributed by atoms with Crippen molar-refractivity contribution in [3.05, 3.63) is 29.3 Å². The number of phenolic OH excluding ortho intramolecular Hbond substituents is 1. The summed E-state index contributed by atoms with van der Waals surface area (Å²) >= 11 is 0. The number of morpholine rings is 1. The van der Waals surface area contributed by atoms with Crippen molar-refractivity contribution in [2.45, 2.75) is 31.3 Å². The van der Waals surface area contributed by atoms with Crippen LogP contribution in [0.15, 0.2) is 18.2 Å². The maximum Gasteiger partial charge on any atom is 0.119 e. The van der Waals surface area contributed by atoms with Gasteiger partial charge in [0, 0.05) is 19.0 Å². The van der Waals surface area contributed by atoms with E-state index in [4.69, 9.17) is 4.74 Å². The third-order valence-electron chi connectivity index (χ3n) is 3.93. The minimum Gasteiger partial charge on any atom is -0.508 e. The van der Waals surface area contributed by atoms with E-state index in [0.717, 1.165) is 38.1 Å². The molecule has 3 heteroatoms. The second-order valence-electron chi connectivity index (χ2n) is 4.96. The van der Waals surface area contributed by atoms with Crippen LogP contribution in [0.3, 0.4) is 0 Å². The van der Waals surface area contributed by atoms with Gasteiger partial charge in [-0.25, -0.2) is 0 Å². The number of fused-ring (bicyclic) bond motifs is 1. The number of phenols is 1. The molecule has 17 heavy (non-hydrogen) atoms. The standard InChI is InChI=1S/C14H19NO2/c16-13-6-2-3-10-11(13)4-1-5-12(10)14-9-15-7-8-17-14/h2-3,6,12,14-16H,1,4-5,7-9H2. The lowest BCUT2D eigenvalue weighted by Crippen LogP contribution is -2.42. The van der Waals surface area contributed by atoms with E-state index in [0.29, 0.717) is 11.7 Å². The molecule has 0 spiro atoms. The molecule has 0 saturated carbocycles. The molecule has 2 unspecified atom stereocenters. The van der Waals surface area contributed by atoms with Gasteiger partial charge in [0.25, 0.3) is 0 Å². The van der Waals surface area contributed by atoms with Gasteiger partial charge in [0.05, 0.1) is 12.7 Å². The molecule has 0 amide bonds. The first-order chi connectivity index (χ1) is 8.36. The number of benzene rings is 1. The van der Waals surface area contributed by atoms with Crippen LogP contribution in [-0.4, -0.2) is 30.9 Å². The molecular formula is C14H19NO2. The van der Waals surface area contributed by atoms with Crippen LogP contribution >= 0.6 is 0 Å². The molecule has 92 valence electrons. The molecule has 2 N–H and O–H groups in total. The Labute approximate surface area is 102 Å². The maximum absolute atomic E-state index is 9.92. The van der Waals surface area contributed by atoms with Gasteiger partial charge >= 0.3 is 0 Å². The maximum atomic E-state index is 9.92. The summed E-state index contributed by atoms with van der Waals surface area (Å²) in [6.07, 6.45) is 3.58. The molecule has 0 bridgehead atoms. The van der Waals surface area contributed by atoms with Crippen molar-refractivity contribution in [2.75, 3.05) is 19.7 Å². The van der Waals surface area contributed by atoms with E-state index in [1.54, 1.807) is 6.07 Å². The Morgan fingerprint density at radius 1 is 1.35 bits per heavy atom. The third-order valence-corrected chi connectivity index (χ3v) is 3.93. The van der Waals surface area contributed by atoms with Crippen molar-refractivity contribution in [3.63, 3.8) is 0 Å². The van der Waals surface area contributed by atoms with Crippen molar-refractivity contribution in [1.82, 2.24) is 5.32 Å². The summed E-state index contributed by atoms with van der Waals surface area (Å²) in [7, 11) is 0. The lowest BCUT2D eigenvalue weighted by atomic mass is 9.79. The molecule has 2 aliphatic rings. The van der Waals surface area contributed by atoms with E-state index in [1.165, 1.54) is 12.0 Å². The zero-order valence-corrected chi connectivity index (χ0v) is 9.98. The average molecular weight is 233 g/mol. The SMILES string of the molecule is Oc1cccc2c1CCCC2C1CNCCO1. The van der Waals surface area contributed by atoms with Crippen molar-refractivity contribution >= 4 is 0 Å². The minimum atomic E-state index is 0.268. The van der Waals surface area contributed by atoms with E-state index >= 15 is 0 Å². The zero-order chi connectivity index (χ0) is 11.7. The van der Waals surface area contributed by atoms with Crippen molar-refractivity contribution in [1.29, 1.82) is 0 Å². The van der Waals surface area contributed by atoms with Gasteiger partial charge in [0.15, 0.2) is 0 Å². The highest BCUT2D eigenvalue weighted by Crippen LogP contribution is 2.38. The van der Waals surface area contributed by atoms with Gasteiger partial charge in [0.1, 0.15) is 5.75 Å². The van der Waals surface area contributed by atoms with Gasteiger partial charge in [-0.2, -0.15) is 0 Å². The van der Waals surface area contributed by atoms with Crippen molar-refractivity contribution in [3.8, 4) is 5.75 Å². The third kappa shape index (κ3) is 2.05. The first-order valence-corrected chi connectivity index (χ1v) is 6.49. The van der Waals surface area contributed by atoms with E-state index in [2.05, 4.69) is 11.4 Å². The molecular weight excluding hydrogens is 214 g/mol. The molecule has 3 rings (SSSR count). The van der Waals surface area contributed by atoms with Crippen LogP contribution < -0.4 is 5.32 Å². The molecule has 1 aromatic rings. The van der Waals surface area contributed by atoms with Crippen molar-refractivity contribution in [2.24, 2.45) is 0 Å². The number of aromatic hydroxyl groups is 1. The van der Waals surface area contributed by atoms with Crippen LogP contribution in [-0.2, 0) is 11.2 Å². The Bertz CT molecular complexity index is 399. The molecule has 0 aromatic heterocycles. The fourth-order valence-corrected chi connectivity index (χ4v) is 3.10. The summed E-state index contributed by atoms with van der Waals surface area (Å²) in [6.45, 7) is 2.69. The number of hydrogen-bond donors (Lipinski definition) is 2. The number of rotatable bonds is 1. The fraction of sp³-hybridized carbons (Fsp3) is 0.571. The largest absolute Gasteiger partial charge is 0.508 e. The van der Waals surface area contributed by atoms with E-state index in [9.17, 15) is 5.11 Å². The number of ether oxygens (including phenoxy) is 1. The summed E-state index contributed by atoms with van der Waals surface area (Å²) in [5.74, 6) is 0.898. The molecule has 1 aliphatic heterocycles. The lowest BCUT2D eigenvalue weighted by Gasteiger charge is -2.35. The van der Waals surface area contributed by atoms with Crippen molar-refractivity contribution < 1.29 is 9.84 Å². The molecule has 1 aliphatic carbocycles. The highest BCUT2D eigenvalue weighted by Gasteiger charge is 2.30. The molecule has 1 aromatic carbocycles. The Morgan fingerprint density at radius 3 is 3.12 bits per heavy atom. The Balaban J connectivity index is 1.90. The van der Waals surface area contributed by atoms with Crippen LogP contribution in [0.4, 0.5) is 0 Å². The molecule has 1 fully saturated rings. The van der Waals surface area contributed by atoms with Gasteiger partial charge in [-0.05, 0) is 36.5 Å². The summed E-state index contributed by atoms with van der Waals surface area (Å²) in [4.78, 5) is 0. The van der Waals surface area contributed by atoms with E-state index in [-0.39, 0.29) is 6.10 Å². The predicted octanol–water partition coefficient (Wildman–Crippen LogP) is 1.80. The summed E-state index contributed by atoms with van der Waals surface area (Å²) in [5, 5.41) is 13.3. The molecule has 2 atom stereocenters. The summed E-state index contributed by atoms with van der Waals surface area (Å²) < 4.78 is 5.87.